The summed E-state index contributed by atoms with van der Waals surface area (Å²) in [6, 6.07) is 15.2. The number of piperazine rings is 1. The third-order valence-corrected chi connectivity index (χ3v) is 5.10. The number of hydrogen-bond acceptors (Lipinski definition) is 5. The zero-order valence-electron chi connectivity index (χ0n) is 15.7. The number of benzene rings is 2. The van der Waals surface area contributed by atoms with Crippen LogP contribution in [0, 0.1) is 0 Å². The van der Waals surface area contributed by atoms with Crippen LogP contribution in [0.2, 0.25) is 0 Å². The molecule has 1 aromatic heterocycles. The first kappa shape index (κ1) is 18.0. The Bertz CT molecular complexity index is 1050. The van der Waals surface area contributed by atoms with Crippen LogP contribution in [0.3, 0.4) is 0 Å². The van der Waals surface area contributed by atoms with E-state index in [0.717, 1.165) is 29.9 Å². The minimum atomic E-state index is -0.235. The predicted octanol–water partition coefficient (Wildman–Crippen LogP) is 1.75. The second kappa shape index (κ2) is 7.72. The molecule has 7 nitrogen and oxygen atoms in total. The van der Waals surface area contributed by atoms with Crippen molar-refractivity contribution in [3.63, 3.8) is 0 Å². The third-order valence-electron chi connectivity index (χ3n) is 5.10. The number of anilines is 1. The molecule has 1 aliphatic heterocycles. The van der Waals surface area contributed by atoms with Crippen LogP contribution in [0.1, 0.15) is 0 Å². The van der Waals surface area contributed by atoms with E-state index >= 15 is 0 Å². The van der Waals surface area contributed by atoms with Crippen LogP contribution >= 0.6 is 0 Å². The van der Waals surface area contributed by atoms with Gasteiger partial charge in [0.1, 0.15) is 12.3 Å². The Labute approximate surface area is 162 Å². The first-order chi connectivity index (χ1) is 13.7. The zero-order valence-corrected chi connectivity index (χ0v) is 15.7. The average molecular weight is 378 g/mol. The highest BCUT2D eigenvalue weighted by Gasteiger charge is 2.22. The number of ether oxygens (including phenoxy) is 1. The summed E-state index contributed by atoms with van der Waals surface area (Å²) in [5.41, 5.74) is 0.848. The largest absolute Gasteiger partial charge is 0.497 e. The van der Waals surface area contributed by atoms with E-state index in [0.29, 0.717) is 18.5 Å². The van der Waals surface area contributed by atoms with Crippen molar-refractivity contribution in [1.29, 1.82) is 0 Å². The second-order valence-corrected chi connectivity index (χ2v) is 6.76. The summed E-state index contributed by atoms with van der Waals surface area (Å²) in [7, 11) is 1.65. The van der Waals surface area contributed by atoms with Gasteiger partial charge in [-0.1, -0.05) is 24.3 Å². The SMILES string of the molecule is COc1cccc(N2CCN(C(=O)Cn3ncc4ccccc4c3=O)CC2)c1. The molecule has 28 heavy (non-hydrogen) atoms. The molecule has 0 saturated carbocycles. The van der Waals surface area contributed by atoms with Crippen molar-refractivity contribution in [2.45, 2.75) is 6.54 Å². The highest BCUT2D eigenvalue weighted by molar-refractivity contribution is 5.81. The molecule has 0 unspecified atom stereocenters. The van der Waals surface area contributed by atoms with Gasteiger partial charge in [0.05, 0.1) is 18.7 Å². The van der Waals surface area contributed by atoms with Crippen molar-refractivity contribution >= 4 is 22.4 Å². The van der Waals surface area contributed by atoms with Gasteiger partial charge in [0.15, 0.2) is 0 Å². The van der Waals surface area contributed by atoms with Crippen LogP contribution in [0.15, 0.2) is 59.5 Å². The smallest absolute Gasteiger partial charge is 0.275 e. The fraction of sp³-hybridized carbons (Fsp3) is 0.286. The molecule has 0 radical (unpaired) electrons. The van der Waals surface area contributed by atoms with E-state index in [1.807, 2.05) is 42.5 Å². The van der Waals surface area contributed by atoms with E-state index in [1.54, 1.807) is 24.3 Å². The quantitative estimate of drug-likeness (QED) is 0.692. The number of carbonyl (C=O) groups excluding carboxylic acids is 1. The van der Waals surface area contributed by atoms with E-state index in [-0.39, 0.29) is 18.0 Å². The van der Waals surface area contributed by atoms with Crippen molar-refractivity contribution in [3.8, 4) is 5.75 Å². The average Bonchev–Trinajstić information content (AvgIpc) is 2.76. The highest BCUT2D eigenvalue weighted by Crippen LogP contribution is 2.22. The molecule has 2 aromatic carbocycles. The number of amides is 1. The van der Waals surface area contributed by atoms with Gasteiger partial charge in [-0.25, -0.2) is 4.68 Å². The molecular formula is C21H22N4O3. The number of methoxy groups -OCH3 is 1. The van der Waals surface area contributed by atoms with Crippen molar-refractivity contribution < 1.29 is 9.53 Å². The van der Waals surface area contributed by atoms with Gasteiger partial charge in [0, 0.05) is 43.3 Å². The molecule has 1 saturated heterocycles. The van der Waals surface area contributed by atoms with Gasteiger partial charge in [-0.2, -0.15) is 5.10 Å². The molecule has 0 bridgehead atoms. The van der Waals surface area contributed by atoms with E-state index < -0.39 is 0 Å². The standard InChI is InChI=1S/C21H22N4O3/c1-28-18-7-4-6-17(13-18)23-9-11-24(12-10-23)20(26)15-25-21(27)19-8-3-2-5-16(19)14-22-25/h2-8,13-14H,9-12,15H2,1H3. The van der Waals surface area contributed by atoms with Crippen LogP contribution in [-0.2, 0) is 11.3 Å². The first-order valence-corrected chi connectivity index (χ1v) is 9.27. The number of aromatic nitrogens is 2. The Balaban J connectivity index is 1.42. The Morgan fingerprint density at radius 1 is 1.07 bits per heavy atom. The molecule has 7 heteroatoms. The molecular weight excluding hydrogens is 356 g/mol. The molecule has 2 heterocycles. The molecule has 0 aliphatic carbocycles. The third kappa shape index (κ3) is 3.55. The van der Waals surface area contributed by atoms with Gasteiger partial charge >= 0.3 is 0 Å². The van der Waals surface area contributed by atoms with Crippen LogP contribution in [-0.4, -0.2) is 53.9 Å². The molecule has 1 fully saturated rings. The van der Waals surface area contributed by atoms with Gasteiger partial charge in [-0.15, -0.1) is 0 Å². The normalized spacial score (nSPS) is 14.3. The Hall–Kier alpha value is -3.35. The van der Waals surface area contributed by atoms with Crippen LogP contribution in [0.5, 0.6) is 5.75 Å². The fourth-order valence-corrected chi connectivity index (χ4v) is 3.49. The Kier molecular flexibility index (Phi) is 4.97. The maximum atomic E-state index is 12.7. The highest BCUT2D eigenvalue weighted by atomic mass is 16.5. The summed E-state index contributed by atoms with van der Waals surface area (Å²) in [4.78, 5) is 29.3. The summed E-state index contributed by atoms with van der Waals surface area (Å²) < 4.78 is 6.53. The van der Waals surface area contributed by atoms with Crippen LogP contribution in [0.25, 0.3) is 10.8 Å². The van der Waals surface area contributed by atoms with Crippen molar-refractivity contribution in [2.24, 2.45) is 0 Å². The minimum Gasteiger partial charge on any atom is -0.497 e. The van der Waals surface area contributed by atoms with E-state index in [2.05, 4.69) is 10.00 Å². The molecule has 1 aliphatic rings. The lowest BCUT2D eigenvalue weighted by Gasteiger charge is -2.36. The van der Waals surface area contributed by atoms with Crippen molar-refractivity contribution in [2.75, 3.05) is 38.2 Å². The molecule has 4 rings (SSSR count). The lowest BCUT2D eigenvalue weighted by Crippen LogP contribution is -2.50. The first-order valence-electron chi connectivity index (χ1n) is 9.27. The minimum absolute atomic E-state index is 0.0389. The molecule has 1 amide bonds. The fourth-order valence-electron chi connectivity index (χ4n) is 3.49. The zero-order chi connectivity index (χ0) is 19.5. The Morgan fingerprint density at radius 2 is 1.86 bits per heavy atom. The molecule has 144 valence electrons. The summed E-state index contributed by atoms with van der Waals surface area (Å²) in [5, 5.41) is 5.51. The number of fused-ring (bicyclic) bond motifs is 1. The number of carbonyl (C=O) groups is 1. The summed E-state index contributed by atoms with van der Waals surface area (Å²) in [6.07, 6.45) is 1.63. The van der Waals surface area contributed by atoms with Gasteiger partial charge in [0.2, 0.25) is 5.91 Å². The summed E-state index contributed by atoms with van der Waals surface area (Å²) in [5.74, 6) is 0.730. The van der Waals surface area contributed by atoms with Gasteiger partial charge in [-0.05, 0) is 18.2 Å². The molecule has 3 aromatic rings. The van der Waals surface area contributed by atoms with Crippen molar-refractivity contribution in [3.05, 3.63) is 65.1 Å². The molecule has 0 spiro atoms. The van der Waals surface area contributed by atoms with E-state index in [1.165, 1.54) is 4.68 Å². The van der Waals surface area contributed by atoms with Gasteiger partial charge in [0.25, 0.3) is 5.56 Å². The van der Waals surface area contributed by atoms with Gasteiger partial charge < -0.3 is 14.5 Å². The monoisotopic (exact) mass is 378 g/mol. The maximum absolute atomic E-state index is 12.7. The number of nitrogens with zero attached hydrogens (tertiary/aromatic N) is 4. The summed E-state index contributed by atoms with van der Waals surface area (Å²) in [6.45, 7) is 2.65. The van der Waals surface area contributed by atoms with Gasteiger partial charge in [-0.3, -0.25) is 9.59 Å². The van der Waals surface area contributed by atoms with E-state index in [9.17, 15) is 9.59 Å². The number of rotatable bonds is 4. The number of hydrogen-bond donors (Lipinski definition) is 0. The van der Waals surface area contributed by atoms with E-state index in [4.69, 9.17) is 4.74 Å². The summed E-state index contributed by atoms with van der Waals surface area (Å²) >= 11 is 0. The topological polar surface area (TPSA) is 67.7 Å². The molecule has 0 N–H and O–H groups in total. The lowest BCUT2D eigenvalue weighted by molar-refractivity contribution is -0.132. The lowest BCUT2D eigenvalue weighted by atomic mass is 10.2. The second-order valence-electron chi connectivity index (χ2n) is 6.76. The predicted molar refractivity (Wildman–Crippen MR) is 108 cm³/mol. The van der Waals surface area contributed by atoms with Crippen LogP contribution < -0.4 is 15.2 Å². The van der Waals surface area contributed by atoms with Crippen LogP contribution in [0.4, 0.5) is 5.69 Å². The Morgan fingerprint density at radius 3 is 2.64 bits per heavy atom. The van der Waals surface area contributed by atoms with Crippen molar-refractivity contribution in [1.82, 2.24) is 14.7 Å². The maximum Gasteiger partial charge on any atom is 0.275 e. The molecule has 0 atom stereocenters.